The molecule has 1 amide bonds. The van der Waals surface area contributed by atoms with Gasteiger partial charge in [-0.25, -0.2) is 0 Å². The maximum absolute atomic E-state index is 13.0. The van der Waals surface area contributed by atoms with Crippen molar-refractivity contribution < 1.29 is 9.53 Å². The average molecular weight is 408 g/mol. The number of piperazine rings is 1. The molecule has 2 aliphatic heterocycles. The Labute approximate surface area is 180 Å². The number of ether oxygens (including phenoxy) is 1. The van der Waals surface area contributed by atoms with E-state index in [-0.39, 0.29) is 5.91 Å². The highest BCUT2D eigenvalue weighted by Gasteiger charge is 2.22. The number of likely N-dealkylation sites (tertiary alicyclic amines) is 1. The summed E-state index contributed by atoms with van der Waals surface area (Å²) in [6.07, 6.45) is 2.63. The summed E-state index contributed by atoms with van der Waals surface area (Å²) in [5.41, 5.74) is 3.27. The van der Waals surface area contributed by atoms with Crippen LogP contribution in [0.4, 0.5) is 5.69 Å². The van der Waals surface area contributed by atoms with E-state index in [0.717, 1.165) is 50.0 Å². The van der Waals surface area contributed by atoms with Gasteiger partial charge in [0.1, 0.15) is 5.75 Å². The Balaban J connectivity index is 1.30. The summed E-state index contributed by atoms with van der Waals surface area (Å²) in [6, 6.07) is 16.4. The summed E-state index contributed by atoms with van der Waals surface area (Å²) in [7, 11) is 1.68. The van der Waals surface area contributed by atoms with Crippen molar-refractivity contribution in [3.05, 3.63) is 59.7 Å². The lowest BCUT2D eigenvalue weighted by molar-refractivity contribution is 0.0747. The third-order valence-corrected chi connectivity index (χ3v) is 6.35. The molecular formula is C25H33N3O2. The molecule has 5 nitrogen and oxygen atoms in total. The Morgan fingerprint density at radius 3 is 2.30 bits per heavy atom. The van der Waals surface area contributed by atoms with E-state index in [2.05, 4.69) is 41.0 Å². The monoisotopic (exact) mass is 407 g/mol. The minimum Gasteiger partial charge on any atom is -0.497 e. The molecule has 0 bridgehead atoms. The first-order valence-corrected chi connectivity index (χ1v) is 11.1. The minimum absolute atomic E-state index is 0.141. The second kappa shape index (κ2) is 9.52. The Bertz CT molecular complexity index is 826. The van der Waals surface area contributed by atoms with Crippen LogP contribution in [0.2, 0.25) is 0 Å². The van der Waals surface area contributed by atoms with Crippen LogP contribution in [-0.4, -0.2) is 62.1 Å². The number of carbonyl (C=O) groups excluding carboxylic acids is 1. The molecule has 0 N–H and O–H groups in total. The zero-order valence-electron chi connectivity index (χ0n) is 18.2. The predicted octanol–water partition coefficient (Wildman–Crippen LogP) is 3.89. The molecule has 0 saturated carbocycles. The van der Waals surface area contributed by atoms with Crippen LogP contribution in [-0.2, 0) is 6.54 Å². The number of nitrogens with zero attached hydrogens (tertiary/aromatic N) is 3. The van der Waals surface area contributed by atoms with Crippen molar-refractivity contribution in [1.82, 2.24) is 9.80 Å². The standard InChI is InChI=1S/C25H33N3O2/c1-20-4-3-13-26(18-20)19-21-5-7-22(8-6-21)25(29)28-16-14-27(15-17-28)23-9-11-24(30-2)12-10-23/h5-12,20H,3-4,13-19H2,1-2H3/t20-/m1/s1. The van der Waals surface area contributed by atoms with Gasteiger partial charge in [0.05, 0.1) is 7.11 Å². The number of hydrogen-bond acceptors (Lipinski definition) is 4. The minimum atomic E-state index is 0.141. The second-order valence-corrected chi connectivity index (χ2v) is 8.66. The largest absolute Gasteiger partial charge is 0.497 e. The zero-order chi connectivity index (χ0) is 20.9. The predicted molar refractivity (Wildman–Crippen MR) is 121 cm³/mol. The van der Waals surface area contributed by atoms with Gasteiger partial charge < -0.3 is 14.5 Å². The van der Waals surface area contributed by atoms with Gasteiger partial charge in [0.25, 0.3) is 5.91 Å². The maximum atomic E-state index is 13.0. The van der Waals surface area contributed by atoms with Gasteiger partial charge >= 0.3 is 0 Å². The SMILES string of the molecule is COc1ccc(N2CCN(C(=O)c3ccc(CN4CCC[C@@H](C)C4)cc3)CC2)cc1. The van der Waals surface area contributed by atoms with Gasteiger partial charge in [-0.1, -0.05) is 19.1 Å². The highest BCUT2D eigenvalue weighted by Crippen LogP contribution is 2.22. The first kappa shape index (κ1) is 20.7. The molecule has 2 aromatic rings. The second-order valence-electron chi connectivity index (χ2n) is 8.66. The topological polar surface area (TPSA) is 36.0 Å². The van der Waals surface area contributed by atoms with Gasteiger partial charge in [0.15, 0.2) is 0 Å². The highest BCUT2D eigenvalue weighted by molar-refractivity contribution is 5.94. The molecule has 30 heavy (non-hydrogen) atoms. The van der Waals surface area contributed by atoms with Crippen LogP contribution in [0, 0.1) is 5.92 Å². The number of hydrogen-bond donors (Lipinski definition) is 0. The molecule has 0 radical (unpaired) electrons. The molecule has 0 unspecified atom stereocenters. The van der Waals surface area contributed by atoms with Crippen LogP contribution >= 0.6 is 0 Å². The molecule has 5 heteroatoms. The molecule has 0 aliphatic carbocycles. The van der Waals surface area contributed by atoms with Crippen molar-refractivity contribution in [2.24, 2.45) is 5.92 Å². The number of anilines is 1. The molecule has 1 atom stereocenters. The third kappa shape index (κ3) is 4.96. The number of methoxy groups -OCH3 is 1. The fourth-order valence-corrected chi connectivity index (χ4v) is 4.58. The fraction of sp³-hybridized carbons (Fsp3) is 0.480. The Morgan fingerprint density at radius 1 is 0.967 bits per heavy atom. The smallest absolute Gasteiger partial charge is 0.253 e. The molecule has 160 valence electrons. The Hall–Kier alpha value is -2.53. The number of benzene rings is 2. The lowest BCUT2D eigenvalue weighted by Gasteiger charge is -2.36. The number of amides is 1. The summed E-state index contributed by atoms with van der Waals surface area (Å²) in [5.74, 6) is 1.80. The molecule has 2 fully saturated rings. The van der Waals surface area contributed by atoms with E-state index < -0.39 is 0 Å². The molecule has 0 spiro atoms. The van der Waals surface area contributed by atoms with Crippen molar-refractivity contribution in [3.8, 4) is 5.75 Å². The summed E-state index contributed by atoms with van der Waals surface area (Å²) in [6.45, 7) is 8.88. The zero-order valence-corrected chi connectivity index (χ0v) is 18.2. The van der Waals surface area contributed by atoms with E-state index in [1.807, 2.05) is 29.2 Å². The summed E-state index contributed by atoms with van der Waals surface area (Å²) in [5, 5.41) is 0. The van der Waals surface area contributed by atoms with Crippen molar-refractivity contribution in [2.75, 3.05) is 51.3 Å². The van der Waals surface area contributed by atoms with E-state index in [1.165, 1.54) is 37.2 Å². The lowest BCUT2D eigenvalue weighted by atomic mass is 9.99. The number of carbonyl (C=O) groups is 1. The van der Waals surface area contributed by atoms with E-state index in [1.54, 1.807) is 7.11 Å². The van der Waals surface area contributed by atoms with E-state index in [9.17, 15) is 4.79 Å². The van der Waals surface area contributed by atoms with Gasteiger partial charge in [-0.15, -0.1) is 0 Å². The molecule has 2 heterocycles. The Morgan fingerprint density at radius 2 is 1.67 bits per heavy atom. The summed E-state index contributed by atoms with van der Waals surface area (Å²) in [4.78, 5) is 19.8. The molecule has 2 aliphatic rings. The van der Waals surface area contributed by atoms with Gasteiger partial charge in [0, 0.05) is 50.5 Å². The van der Waals surface area contributed by atoms with Crippen molar-refractivity contribution in [3.63, 3.8) is 0 Å². The van der Waals surface area contributed by atoms with Crippen molar-refractivity contribution in [1.29, 1.82) is 0 Å². The van der Waals surface area contributed by atoms with Gasteiger partial charge in [-0.2, -0.15) is 0 Å². The van der Waals surface area contributed by atoms with Gasteiger partial charge in [-0.3, -0.25) is 9.69 Å². The van der Waals surface area contributed by atoms with Crippen molar-refractivity contribution >= 4 is 11.6 Å². The van der Waals surface area contributed by atoms with Crippen LogP contribution in [0.25, 0.3) is 0 Å². The first-order valence-electron chi connectivity index (χ1n) is 11.1. The van der Waals surface area contributed by atoms with Crippen LogP contribution in [0.3, 0.4) is 0 Å². The van der Waals surface area contributed by atoms with Gasteiger partial charge in [0.2, 0.25) is 0 Å². The van der Waals surface area contributed by atoms with Gasteiger partial charge in [-0.05, 0) is 67.3 Å². The molecule has 2 saturated heterocycles. The van der Waals surface area contributed by atoms with E-state index in [4.69, 9.17) is 4.74 Å². The normalized spacial score (nSPS) is 20.3. The van der Waals surface area contributed by atoms with Crippen molar-refractivity contribution in [2.45, 2.75) is 26.3 Å². The van der Waals surface area contributed by atoms with Crippen LogP contribution in [0.1, 0.15) is 35.7 Å². The molecule has 0 aromatic heterocycles. The molecule has 2 aromatic carbocycles. The molecule has 4 rings (SSSR count). The van der Waals surface area contributed by atoms with E-state index in [0.29, 0.717) is 0 Å². The number of piperidine rings is 1. The van der Waals surface area contributed by atoms with E-state index >= 15 is 0 Å². The summed E-state index contributed by atoms with van der Waals surface area (Å²) < 4.78 is 5.24. The maximum Gasteiger partial charge on any atom is 0.253 e. The first-order chi connectivity index (χ1) is 14.6. The number of rotatable bonds is 5. The van der Waals surface area contributed by atoms with Crippen LogP contribution < -0.4 is 9.64 Å². The van der Waals surface area contributed by atoms with Crippen LogP contribution in [0.15, 0.2) is 48.5 Å². The molecular weight excluding hydrogens is 374 g/mol. The quantitative estimate of drug-likeness (QED) is 0.753. The van der Waals surface area contributed by atoms with Crippen LogP contribution in [0.5, 0.6) is 5.75 Å². The average Bonchev–Trinajstić information content (AvgIpc) is 2.79. The lowest BCUT2D eigenvalue weighted by Crippen LogP contribution is -2.48. The summed E-state index contributed by atoms with van der Waals surface area (Å²) >= 11 is 0. The Kier molecular flexibility index (Phi) is 6.58. The third-order valence-electron chi connectivity index (χ3n) is 6.35. The highest BCUT2D eigenvalue weighted by atomic mass is 16.5. The fourth-order valence-electron chi connectivity index (χ4n) is 4.58.